The van der Waals surface area contributed by atoms with Gasteiger partial charge in [-0.05, 0) is 57.4 Å². The Morgan fingerprint density at radius 3 is 2.60 bits per heavy atom. The van der Waals surface area contributed by atoms with Crippen LogP contribution in [0.5, 0.6) is 5.75 Å². The Morgan fingerprint density at radius 1 is 1.28 bits per heavy atom. The normalized spacial score (nSPS) is 10.9. The molecule has 0 saturated heterocycles. The van der Waals surface area contributed by atoms with Gasteiger partial charge in [0.15, 0.2) is 0 Å². The van der Waals surface area contributed by atoms with Crippen LogP contribution in [0.15, 0.2) is 58.4 Å². The van der Waals surface area contributed by atoms with E-state index in [9.17, 15) is 9.90 Å². The number of carbonyl (C=O) groups is 1. The summed E-state index contributed by atoms with van der Waals surface area (Å²) in [5.41, 5.74) is 8.09. The molecular weight excluding hydrogens is 312 g/mol. The number of nitrogens with one attached hydrogen (secondary N) is 1. The molecule has 0 aliphatic carbocycles. The van der Waals surface area contributed by atoms with E-state index in [-0.39, 0.29) is 16.7 Å². The van der Waals surface area contributed by atoms with Gasteiger partial charge in [-0.1, -0.05) is 37.6 Å². The SMILES string of the molecule is CC(=C=CC(C)(C)/C=N\NC(=O)c1ccccc1O)CCC=C(C)C. The molecule has 0 atom stereocenters. The molecule has 134 valence electrons. The van der Waals surface area contributed by atoms with Crippen LogP contribution < -0.4 is 5.43 Å². The van der Waals surface area contributed by atoms with E-state index in [1.54, 1.807) is 24.4 Å². The zero-order valence-electron chi connectivity index (χ0n) is 15.8. The van der Waals surface area contributed by atoms with E-state index < -0.39 is 5.91 Å². The van der Waals surface area contributed by atoms with E-state index in [0.717, 1.165) is 12.8 Å². The van der Waals surface area contributed by atoms with Gasteiger partial charge < -0.3 is 5.11 Å². The van der Waals surface area contributed by atoms with Crippen LogP contribution in [0.3, 0.4) is 0 Å². The zero-order chi connectivity index (χ0) is 18.9. The first-order valence-electron chi connectivity index (χ1n) is 8.40. The first kappa shape index (κ1) is 20.5. The molecule has 1 aromatic carbocycles. The highest BCUT2D eigenvalue weighted by atomic mass is 16.3. The summed E-state index contributed by atoms with van der Waals surface area (Å²) in [7, 11) is 0. The van der Waals surface area contributed by atoms with Gasteiger partial charge in [0.1, 0.15) is 5.75 Å². The van der Waals surface area contributed by atoms with Crippen molar-refractivity contribution in [3.63, 3.8) is 0 Å². The maximum absolute atomic E-state index is 12.0. The van der Waals surface area contributed by atoms with Gasteiger partial charge in [0, 0.05) is 11.6 Å². The fourth-order valence-corrected chi connectivity index (χ4v) is 1.98. The van der Waals surface area contributed by atoms with Crippen molar-refractivity contribution in [1.82, 2.24) is 5.43 Å². The van der Waals surface area contributed by atoms with Crippen molar-refractivity contribution in [3.05, 3.63) is 58.9 Å². The first-order valence-corrected chi connectivity index (χ1v) is 8.40. The number of allylic oxidation sites excluding steroid dienone is 3. The summed E-state index contributed by atoms with van der Waals surface area (Å²) in [4.78, 5) is 12.0. The summed E-state index contributed by atoms with van der Waals surface area (Å²) >= 11 is 0. The van der Waals surface area contributed by atoms with E-state index in [4.69, 9.17) is 0 Å². The number of nitrogens with zero attached hydrogens (tertiary/aromatic N) is 1. The third kappa shape index (κ3) is 8.18. The fourth-order valence-electron chi connectivity index (χ4n) is 1.98. The van der Waals surface area contributed by atoms with E-state index >= 15 is 0 Å². The van der Waals surface area contributed by atoms with E-state index in [2.05, 4.69) is 43.1 Å². The maximum Gasteiger partial charge on any atom is 0.275 e. The molecule has 25 heavy (non-hydrogen) atoms. The molecule has 0 radical (unpaired) electrons. The van der Waals surface area contributed by atoms with Crippen molar-refractivity contribution in [1.29, 1.82) is 0 Å². The van der Waals surface area contributed by atoms with Crippen LogP contribution >= 0.6 is 0 Å². The minimum absolute atomic E-state index is 0.0655. The molecule has 1 aromatic rings. The number of rotatable bonds is 7. The predicted molar refractivity (Wildman–Crippen MR) is 104 cm³/mol. The molecule has 4 heteroatoms. The van der Waals surface area contributed by atoms with Gasteiger partial charge >= 0.3 is 0 Å². The standard InChI is InChI=1S/C21H28N2O2/c1-16(2)9-8-10-17(3)13-14-21(4,5)15-22-23-20(25)18-11-6-7-12-19(18)24/h6-7,9,11-12,14-15,24H,8,10H2,1-5H3,(H,23,25)/b22-15-. The number of carbonyl (C=O) groups excluding carboxylic acids is 1. The summed E-state index contributed by atoms with van der Waals surface area (Å²) in [5, 5.41) is 13.7. The van der Waals surface area contributed by atoms with Crippen molar-refractivity contribution in [2.24, 2.45) is 10.5 Å². The Kier molecular flexibility index (Phi) is 7.90. The number of hydrogen-bond acceptors (Lipinski definition) is 3. The van der Waals surface area contributed by atoms with Crippen molar-refractivity contribution < 1.29 is 9.90 Å². The average Bonchev–Trinajstić information content (AvgIpc) is 2.53. The Bertz CT molecular complexity index is 717. The molecule has 4 nitrogen and oxygen atoms in total. The first-order chi connectivity index (χ1) is 11.7. The predicted octanol–water partition coefficient (Wildman–Crippen LogP) is 4.98. The Hall–Kier alpha value is -2.58. The van der Waals surface area contributed by atoms with Crippen molar-refractivity contribution >= 4 is 12.1 Å². The lowest BCUT2D eigenvalue weighted by Crippen LogP contribution is -2.20. The van der Waals surface area contributed by atoms with Crippen LogP contribution in [-0.2, 0) is 0 Å². The number of para-hydroxylation sites is 1. The van der Waals surface area contributed by atoms with Crippen LogP contribution in [0.2, 0.25) is 0 Å². The molecule has 2 N–H and O–H groups in total. The van der Waals surface area contributed by atoms with Gasteiger partial charge in [-0.2, -0.15) is 5.10 Å². The van der Waals surface area contributed by atoms with Crippen molar-refractivity contribution in [2.45, 2.75) is 47.5 Å². The third-order valence-electron chi connectivity index (χ3n) is 3.47. The number of benzene rings is 1. The minimum Gasteiger partial charge on any atom is -0.507 e. The highest BCUT2D eigenvalue weighted by Crippen LogP contribution is 2.16. The Morgan fingerprint density at radius 2 is 1.96 bits per heavy atom. The Labute approximate surface area is 150 Å². The summed E-state index contributed by atoms with van der Waals surface area (Å²) in [6.45, 7) is 10.2. The van der Waals surface area contributed by atoms with Gasteiger partial charge in [0.25, 0.3) is 5.91 Å². The molecule has 0 unspecified atom stereocenters. The van der Waals surface area contributed by atoms with Gasteiger partial charge in [0.05, 0.1) is 5.56 Å². The molecule has 0 saturated carbocycles. The number of amides is 1. The summed E-state index contributed by atoms with van der Waals surface area (Å²) in [6, 6.07) is 6.36. The monoisotopic (exact) mass is 340 g/mol. The highest BCUT2D eigenvalue weighted by molar-refractivity contribution is 5.96. The summed E-state index contributed by atoms with van der Waals surface area (Å²) < 4.78 is 0. The van der Waals surface area contributed by atoms with E-state index in [0.29, 0.717) is 0 Å². The van der Waals surface area contributed by atoms with E-state index in [1.165, 1.54) is 17.2 Å². The molecule has 0 aliphatic heterocycles. The number of hydrogen-bond donors (Lipinski definition) is 2. The Balaban J connectivity index is 2.65. The molecule has 0 fully saturated rings. The lowest BCUT2D eigenvalue weighted by atomic mass is 9.95. The maximum atomic E-state index is 12.0. The minimum atomic E-state index is -0.442. The van der Waals surface area contributed by atoms with Crippen molar-refractivity contribution in [3.8, 4) is 5.75 Å². The van der Waals surface area contributed by atoms with Gasteiger partial charge in [0.2, 0.25) is 0 Å². The quantitative estimate of drug-likeness (QED) is 0.318. The van der Waals surface area contributed by atoms with Gasteiger partial charge in [-0.25, -0.2) is 5.43 Å². The number of phenols is 1. The van der Waals surface area contributed by atoms with Crippen molar-refractivity contribution in [2.75, 3.05) is 0 Å². The summed E-state index contributed by atoms with van der Waals surface area (Å²) in [6.07, 6.45) is 7.80. The second kappa shape index (κ2) is 9.65. The lowest BCUT2D eigenvalue weighted by molar-refractivity contribution is 0.0952. The molecule has 0 heterocycles. The van der Waals surface area contributed by atoms with Gasteiger partial charge in [-0.15, -0.1) is 5.73 Å². The number of aromatic hydroxyl groups is 1. The second-order valence-corrected chi connectivity index (χ2v) is 6.93. The molecule has 1 rings (SSSR count). The summed E-state index contributed by atoms with van der Waals surface area (Å²) in [5.74, 6) is -0.508. The topological polar surface area (TPSA) is 61.7 Å². The molecule has 0 spiro atoms. The molecule has 1 amide bonds. The molecular formula is C21H28N2O2. The molecule has 0 bridgehead atoms. The number of hydrazone groups is 1. The van der Waals surface area contributed by atoms with Crippen LogP contribution in [-0.4, -0.2) is 17.2 Å². The van der Waals surface area contributed by atoms with Crippen LogP contribution in [0.4, 0.5) is 0 Å². The smallest absolute Gasteiger partial charge is 0.275 e. The highest BCUT2D eigenvalue weighted by Gasteiger charge is 2.12. The van der Waals surface area contributed by atoms with Crippen LogP contribution in [0.25, 0.3) is 0 Å². The second-order valence-electron chi connectivity index (χ2n) is 6.93. The number of phenolic OH excluding ortho intramolecular Hbond substituents is 1. The van der Waals surface area contributed by atoms with E-state index in [1.807, 2.05) is 19.9 Å². The van der Waals surface area contributed by atoms with Crippen LogP contribution in [0, 0.1) is 5.41 Å². The van der Waals surface area contributed by atoms with Crippen LogP contribution in [0.1, 0.15) is 57.8 Å². The lowest BCUT2D eigenvalue weighted by Gasteiger charge is -2.12. The van der Waals surface area contributed by atoms with Gasteiger partial charge in [-0.3, -0.25) is 4.79 Å². The fraction of sp³-hybridized carbons (Fsp3) is 0.381. The third-order valence-corrected chi connectivity index (χ3v) is 3.47. The molecule has 0 aromatic heterocycles. The molecule has 0 aliphatic rings. The largest absolute Gasteiger partial charge is 0.507 e. The average molecular weight is 340 g/mol. The zero-order valence-corrected chi connectivity index (χ0v) is 15.8.